The number of benzene rings is 2. The molecule has 28 heavy (non-hydrogen) atoms. The molecule has 0 aliphatic carbocycles. The third-order valence-corrected chi connectivity index (χ3v) is 4.25. The first-order valence-electron chi connectivity index (χ1n) is 8.67. The van der Waals surface area contributed by atoms with E-state index in [4.69, 9.17) is 14.2 Å². The molecule has 0 aliphatic heterocycles. The smallest absolute Gasteiger partial charge is 0.335 e. The SMILES string of the molecule is COC(=O)[C@@H](O)[C@@H](Cc1ccc(OCc2ccccc2)c(OC)c1)C(=O)OC. The maximum atomic E-state index is 12.0. The molecule has 0 radical (unpaired) electrons. The van der Waals surface area contributed by atoms with Crippen molar-refractivity contribution < 1.29 is 33.6 Å². The van der Waals surface area contributed by atoms with Crippen molar-refractivity contribution in [2.45, 2.75) is 19.1 Å². The number of esters is 2. The van der Waals surface area contributed by atoms with Gasteiger partial charge in [-0.3, -0.25) is 4.79 Å². The van der Waals surface area contributed by atoms with Gasteiger partial charge in [-0.05, 0) is 29.7 Å². The summed E-state index contributed by atoms with van der Waals surface area (Å²) >= 11 is 0. The lowest BCUT2D eigenvalue weighted by molar-refractivity contribution is -0.163. The third-order valence-electron chi connectivity index (χ3n) is 4.25. The second kappa shape index (κ2) is 10.3. The maximum absolute atomic E-state index is 12.0. The van der Waals surface area contributed by atoms with Gasteiger partial charge < -0.3 is 24.1 Å². The van der Waals surface area contributed by atoms with Crippen LogP contribution in [0.4, 0.5) is 0 Å². The molecule has 0 fully saturated rings. The van der Waals surface area contributed by atoms with E-state index in [-0.39, 0.29) is 6.42 Å². The minimum atomic E-state index is -1.63. The van der Waals surface area contributed by atoms with E-state index in [2.05, 4.69) is 4.74 Å². The van der Waals surface area contributed by atoms with E-state index < -0.39 is 24.0 Å². The van der Waals surface area contributed by atoms with E-state index in [1.165, 1.54) is 14.2 Å². The summed E-state index contributed by atoms with van der Waals surface area (Å²) < 4.78 is 20.4. The van der Waals surface area contributed by atoms with Crippen molar-refractivity contribution in [1.29, 1.82) is 0 Å². The van der Waals surface area contributed by atoms with E-state index >= 15 is 0 Å². The highest BCUT2D eigenvalue weighted by Crippen LogP contribution is 2.30. The Kier molecular flexibility index (Phi) is 7.83. The minimum absolute atomic E-state index is 0.0677. The number of carbonyl (C=O) groups excluding carboxylic acids is 2. The van der Waals surface area contributed by atoms with Gasteiger partial charge >= 0.3 is 11.9 Å². The van der Waals surface area contributed by atoms with Crippen molar-refractivity contribution in [1.82, 2.24) is 0 Å². The Balaban J connectivity index is 2.16. The van der Waals surface area contributed by atoms with Crippen LogP contribution in [0.15, 0.2) is 48.5 Å². The van der Waals surface area contributed by atoms with Crippen molar-refractivity contribution >= 4 is 11.9 Å². The van der Waals surface area contributed by atoms with Crippen molar-refractivity contribution in [2.75, 3.05) is 21.3 Å². The highest BCUT2D eigenvalue weighted by Gasteiger charge is 2.34. The summed E-state index contributed by atoms with van der Waals surface area (Å²) in [5.41, 5.74) is 1.68. The third kappa shape index (κ3) is 5.47. The highest BCUT2D eigenvalue weighted by atomic mass is 16.5. The standard InChI is InChI=1S/C21H24O7/c1-25-18-12-15(11-16(20(23)26-2)19(22)21(24)27-3)9-10-17(18)28-13-14-7-5-4-6-8-14/h4-10,12,16,19,22H,11,13H2,1-3H3/t16-,19+/m1/s1. The Hall–Kier alpha value is -3.06. The van der Waals surface area contributed by atoms with Crippen molar-refractivity contribution in [3.05, 3.63) is 59.7 Å². The van der Waals surface area contributed by atoms with Gasteiger partial charge in [0.25, 0.3) is 0 Å². The number of hydrogen-bond acceptors (Lipinski definition) is 7. The van der Waals surface area contributed by atoms with E-state index in [0.29, 0.717) is 23.7 Å². The van der Waals surface area contributed by atoms with Crippen LogP contribution in [0.1, 0.15) is 11.1 Å². The lowest BCUT2D eigenvalue weighted by atomic mass is 9.93. The molecule has 0 spiro atoms. The second-order valence-corrected chi connectivity index (χ2v) is 6.06. The molecule has 0 saturated carbocycles. The number of aliphatic hydroxyl groups is 1. The minimum Gasteiger partial charge on any atom is -0.493 e. The fourth-order valence-corrected chi connectivity index (χ4v) is 2.71. The van der Waals surface area contributed by atoms with Gasteiger partial charge in [-0.1, -0.05) is 36.4 Å². The molecule has 7 heteroatoms. The molecule has 0 aromatic heterocycles. The summed E-state index contributed by atoms with van der Waals surface area (Å²) in [6, 6.07) is 14.8. The first-order valence-corrected chi connectivity index (χ1v) is 8.67. The Morgan fingerprint density at radius 2 is 1.57 bits per heavy atom. The monoisotopic (exact) mass is 388 g/mol. The molecule has 0 aliphatic rings. The zero-order valence-corrected chi connectivity index (χ0v) is 16.1. The zero-order chi connectivity index (χ0) is 20.5. The number of rotatable bonds is 9. The number of carbonyl (C=O) groups is 2. The first-order chi connectivity index (χ1) is 13.5. The van der Waals surface area contributed by atoms with E-state index in [1.54, 1.807) is 18.2 Å². The molecular formula is C21H24O7. The Morgan fingerprint density at radius 3 is 2.18 bits per heavy atom. The van der Waals surface area contributed by atoms with Gasteiger partial charge in [0.15, 0.2) is 17.6 Å². The van der Waals surface area contributed by atoms with Crippen LogP contribution in [0.3, 0.4) is 0 Å². The molecule has 0 heterocycles. The summed E-state index contributed by atoms with van der Waals surface area (Å²) in [5.74, 6) is -1.69. The van der Waals surface area contributed by atoms with E-state index in [9.17, 15) is 14.7 Å². The van der Waals surface area contributed by atoms with Crippen molar-refractivity contribution in [2.24, 2.45) is 5.92 Å². The lowest BCUT2D eigenvalue weighted by Crippen LogP contribution is -2.37. The van der Waals surface area contributed by atoms with Gasteiger partial charge in [0.05, 0.1) is 27.2 Å². The Morgan fingerprint density at radius 1 is 0.893 bits per heavy atom. The lowest BCUT2D eigenvalue weighted by Gasteiger charge is -2.19. The predicted molar refractivity (Wildman–Crippen MR) is 101 cm³/mol. The van der Waals surface area contributed by atoms with Gasteiger partial charge in [0.1, 0.15) is 6.61 Å². The second-order valence-electron chi connectivity index (χ2n) is 6.06. The molecule has 2 aromatic carbocycles. The van der Waals surface area contributed by atoms with Crippen LogP contribution in [0.2, 0.25) is 0 Å². The highest BCUT2D eigenvalue weighted by molar-refractivity contribution is 5.83. The van der Waals surface area contributed by atoms with Crippen LogP contribution in [-0.2, 0) is 32.1 Å². The molecule has 2 rings (SSSR count). The maximum Gasteiger partial charge on any atom is 0.335 e. The number of ether oxygens (including phenoxy) is 4. The molecule has 2 atom stereocenters. The molecule has 0 bridgehead atoms. The fourth-order valence-electron chi connectivity index (χ4n) is 2.71. The average Bonchev–Trinajstić information content (AvgIpc) is 2.75. The summed E-state index contributed by atoms with van der Waals surface area (Å²) in [6.07, 6.45) is -1.56. The Labute approximate surface area is 163 Å². The Bertz CT molecular complexity index is 789. The van der Waals surface area contributed by atoms with E-state index in [1.807, 2.05) is 30.3 Å². The fraction of sp³-hybridized carbons (Fsp3) is 0.333. The van der Waals surface area contributed by atoms with Crippen molar-refractivity contribution in [3.8, 4) is 11.5 Å². The quantitative estimate of drug-likeness (QED) is 0.658. The number of hydrogen-bond donors (Lipinski definition) is 1. The van der Waals surface area contributed by atoms with Crippen LogP contribution < -0.4 is 9.47 Å². The molecule has 0 saturated heterocycles. The van der Waals surface area contributed by atoms with E-state index in [0.717, 1.165) is 12.7 Å². The molecular weight excluding hydrogens is 364 g/mol. The molecule has 2 aromatic rings. The van der Waals surface area contributed by atoms with Crippen LogP contribution in [0.25, 0.3) is 0 Å². The topological polar surface area (TPSA) is 91.3 Å². The van der Waals surface area contributed by atoms with Gasteiger partial charge in [0, 0.05) is 0 Å². The van der Waals surface area contributed by atoms with Gasteiger partial charge in [0.2, 0.25) is 0 Å². The summed E-state index contributed by atoms with van der Waals surface area (Å²) in [5, 5.41) is 10.1. The predicted octanol–water partition coefficient (Wildman–Crippen LogP) is 2.14. The van der Waals surface area contributed by atoms with Crippen LogP contribution in [0.5, 0.6) is 11.5 Å². The summed E-state index contributed by atoms with van der Waals surface area (Å²) in [7, 11) is 3.85. The van der Waals surface area contributed by atoms with Crippen molar-refractivity contribution in [3.63, 3.8) is 0 Å². The number of methoxy groups -OCH3 is 3. The van der Waals surface area contributed by atoms with Gasteiger partial charge in [-0.2, -0.15) is 0 Å². The van der Waals surface area contributed by atoms with Gasteiger partial charge in [-0.15, -0.1) is 0 Å². The summed E-state index contributed by atoms with van der Waals surface area (Å²) in [4.78, 5) is 23.6. The number of aliphatic hydroxyl groups excluding tert-OH is 1. The average molecular weight is 388 g/mol. The largest absolute Gasteiger partial charge is 0.493 e. The molecule has 150 valence electrons. The zero-order valence-electron chi connectivity index (χ0n) is 16.1. The molecule has 1 N–H and O–H groups in total. The van der Waals surface area contributed by atoms with Crippen LogP contribution >= 0.6 is 0 Å². The van der Waals surface area contributed by atoms with Gasteiger partial charge in [-0.25, -0.2) is 4.79 Å². The molecule has 0 unspecified atom stereocenters. The molecule has 0 amide bonds. The van der Waals surface area contributed by atoms with Crippen LogP contribution in [-0.4, -0.2) is 44.5 Å². The molecule has 7 nitrogen and oxygen atoms in total. The summed E-state index contributed by atoms with van der Waals surface area (Å²) in [6.45, 7) is 0.377. The van der Waals surface area contributed by atoms with Crippen LogP contribution in [0, 0.1) is 5.92 Å². The first kappa shape index (κ1) is 21.2. The normalized spacial score (nSPS) is 12.6.